The molecule has 20 heavy (non-hydrogen) atoms. The van der Waals surface area contributed by atoms with Crippen molar-refractivity contribution in [3.63, 3.8) is 0 Å². The highest BCUT2D eigenvalue weighted by Gasteiger charge is 2.30. The Kier molecular flexibility index (Phi) is 3.19. The van der Waals surface area contributed by atoms with E-state index in [1.807, 2.05) is 0 Å². The van der Waals surface area contributed by atoms with Gasteiger partial charge in [0.25, 0.3) is 5.69 Å². The predicted molar refractivity (Wildman–Crippen MR) is 71.0 cm³/mol. The molecule has 0 aliphatic heterocycles. The minimum absolute atomic E-state index is 0.00594. The van der Waals surface area contributed by atoms with Crippen LogP contribution in [0, 0.1) is 10.1 Å². The van der Waals surface area contributed by atoms with E-state index in [1.165, 1.54) is 12.1 Å². The van der Waals surface area contributed by atoms with Crippen molar-refractivity contribution < 1.29 is 9.45 Å². The highest BCUT2D eigenvalue weighted by Crippen LogP contribution is 2.33. The molecule has 1 aromatic carbocycles. The highest BCUT2D eigenvalue weighted by molar-refractivity contribution is 5.58. The molecular formula is C13H14N4O3. The average Bonchev–Trinajstić information content (AvgIpc) is 3.07. The van der Waals surface area contributed by atoms with Crippen LogP contribution in [0.15, 0.2) is 28.8 Å². The molecule has 3 rings (SSSR count). The molecule has 0 radical (unpaired) electrons. The summed E-state index contributed by atoms with van der Waals surface area (Å²) in [5, 5.41) is 14.7. The second-order valence-electron chi connectivity index (χ2n) is 4.96. The van der Waals surface area contributed by atoms with Crippen molar-refractivity contribution in [3.8, 4) is 11.4 Å². The second kappa shape index (κ2) is 5.01. The zero-order valence-electron chi connectivity index (χ0n) is 10.7. The van der Waals surface area contributed by atoms with Crippen molar-refractivity contribution in [2.75, 3.05) is 0 Å². The maximum atomic E-state index is 10.8. The largest absolute Gasteiger partial charge is 0.339 e. The maximum absolute atomic E-state index is 10.8. The van der Waals surface area contributed by atoms with Crippen molar-refractivity contribution >= 4 is 5.69 Å². The van der Waals surface area contributed by atoms with Gasteiger partial charge in [-0.25, -0.2) is 0 Å². The van der Waals surface area contributed by atoms with E-state index in [-0.39, 0.29) is 17.6 Å². The van der Waals surface area contributed by atoms with Gasteiger partial charge in [0.15, 0.2) is 0 Å². The van der Waals surface area contributed by atoms with Gasteiger partial charge < -0.3 is 10.3 Å². The molecule has 0 amide bonds. The quantitative estimate of drug-likeness (QED) is 0.679. The Balaban J connectivity index is 1.90. The first-order chi connectivity index (χ1) is 9.65. The fourth-order valence-corrected chi connectivity index (χ4v) is 2.56. The number of nitro groups is 1. The van der Waals surface area contributed by atoms with Gasteiger partial charge >= 0.3 is 0 Å². The molecule has 2 unspecified atom stereocenters. The molecule has 104 valence electrons. The summed E-state index contributed by atoms with van der Waals surface area (Å²) in [6.45, 7) is 0. The van der Waals surface area contributed by atoms with Gasteiger partial charge in [0.05, 0.1) is 10.8 Å². The molecule has 0 spiro atoms. The molecule has 0 saturated heterocycles. The first kappa shape index (κ1) is 12.7. The molecule has 1 heterocycles. The van der Waals surface area contributed by atoms with Crippen LogP contribution in [0.4, 0.5) is 5.69 Å². The van der Waals surface area contributed by atoms with Crippen LogP contribution >= 0.6 is 0 Å². The molecule has 1 aromatic heterocycles. The van der Waals surface area contributed by atoms with Gasteiger partial charge in [-0.2, -0.15) is 4.98 Å². The summed E-state index contributed by atoms with van der Waals surface area (Å²) in [7, 11) is 0. The summed E-state index contributed by atoms with van der Waals surface area (Å²) in [6, 6.07) is 6.23. The number of nitrogens with zero attached hydrogens (tertiary/aromatic N) is 3. The lowest BCUT2D eigenvalue weighted by atomic mass is 10.1. The number of hydrogen-bond donors (Lipinski definition) is 1. The SMILES string of the molecule is NC1CCCC1c1nc(-c2cccc([N+](=O)[O-])c2)no1. The van der Waals surface area contributed by atoms with E-state index < -0.39 is 4.92 Å². The van der Waals surface area contributed by atoms with E-state index in [0.717, 1.165) is 19.3 Å². The number of aromatic nitrogens is 2. The molecule has 1 aliphatic carbocycles. The molecule has 7 heteroatoms. The third-order valence-corrected chi connectivity index (χ3v) is 3.64. The van der Waals surface area contributed by atoms with Crippen molar-refractivity contribution in [2.24, 2.45) is 5.73 Å². The number of benzene rings is 1. The van der Waals surface area contributed by atoms with Crippen LogP contribution in [0.1, 0.15) is 31.1 Å². The number of rotatable bonds is 3. The summed E-state index contributed by atoms with van der Waals surface area (Å²) in [6.07, 6.45) is 2.96. The van der Waals surface area contributed by atoms with Crippen molar-refractivity contribution in [2.45, 2.75) is 31.2 Å². The zero-order chi connectivity index (χ0) is 14.1. The van der Waals surface area contributed by atoms with Gasteiger partial charge in [-0.05, 0) is 12.8 Å². The van der Waals surface area contributed by atoms with E-state index in [4.69, 9.17) is 10.3 Å². The zero-order valence-corrected chi connectivity index (χ0v) is 10.7. The van der Waals surface area contributed by atoms with E-state index >= 15 is 0 Å². The number of non-ortho nitro benzene ring substituents is 1. The van der Waals surface area contributed by atoms with Gasteiger partial charge in [0.1, 0.15) is 0 Å². The van der Waals surface area contributed by atoms with Gasteiger partial charge in [-0.1, -0.05) is 23.7 Å². The molecule has 7 nitrogen and oxygen atoms in total. The summed E-state index contributed by atoms with van der Waals surface area (Å²) in [4.78, 5) is 14.7. The van der Waals surface area contributed by atoms with Crippen LogP contribution in [0.2, 0.25) is 0 Å². The Hall–Kier alpha value is -2.28. The van der Waals surface area contributed by atoms with Gasteiger partial charge in [0, 0.05) is 23.7 Å². The minimum Gasteiger partial charge on any atom is -0.339 e. The lowest BCUT2D eigenvalue weighted by molar-refractivity contribution is -0.384. The number of nitrogens with two attached hydrogens (primary N) is 1. The number of nitro benzene ring substituents is 1. The molecule has 1 saturated carbocycles. The summed E-state index contributed by atoms with van der Waals surface area (Å²) < 4.78 is 5.26. The Bertz CT molecular complexity index is 640. The Morgan fingerprint density at radius 1 is 1.40 bits per heavy atom. The smallest absolute Gasteiger partial charge is 0.270 e. The fourth-order valence-electron chi connectivity index (χ4n) is 2.56. The van der Waals surface area contributed by atoms with Gasteiger partial charge in [-0.15, -0.1) is 0 Å². The first-order valence-electron chi connectivity index (χ1n) is 6.49. The third kappa shape index (κ3) is 2.27. The van der Waals surface area contributed by atoms with E-state index in [1.54, 1.807) is 12.1 Å². The highest BCUT2D eigenvalue weighted by atomic mass is 16.6. The van der Waals surface area contributed by atoms with Crippen molar-refractivity contribution in [3.05, 3.63) is 40.3 Å². The molecule has 1 aliphatic rings. The standard InChI is InChI=1S/C13H14N4O3/c14-11-6-2-5-10(11)13-15-12(16-20-13)8-3-1-4-9(7-8)17(18)19/h1,3-4,7,10-11H,2,5-6,14H2. The maximum Gasteiger partial charge on any atom is 0.270 e. The first-order valence-corrected chi connectivity index (χ1v) is 6.49. The topological polar surface area (TPSA) is 108 Å². The van der Waals surface area contributed by atoms with Crippen LogP contribution in [0.3, 0.4) is 0 Å². The normalized spacial score (nSPS) is 22.1. The van der Waals surface area contributed by atoms with Crippen molar-refractivity contribution in [1.82, 2.24) is 10.1 Å². The van der Waals surface area contributed by atoms with Crippen LogP contribution in [0.25, 0.3) is 11.4 Å². The Morgan fingerprint density at radius 2 is 2.25 bits per heavy atom. The molecule has 2 aromatic rings. The minimum atomic E-state index is -0.447. The van der Waals surface area contributed by atoms with E-state index in [9.17, 15) is 10.1 Å². The molecular weight excluding hydrogens is 260 g/mol. The van der Waals surface area contributed by atoms with Crippen LogP contribution in [0.5, 0.6) is 0 Å². The van der Waals surface area contributed by atoms with Crippen LogP contribution < -0.4 is 5.73 Å². The molecule has 2 N–H and O–H groups in total. The summed E-state index contributed by atoms with van der Waals surface area (Å²) in [5.74, 6) is 0.981. The summed E-state index contributed by atoms with van der Waals surface area (Å²) in [5.41, 5.74) is 6.58. The second-order valence-corrected chi connectivity index (χ2v) is 4.96. The predicted octanol–water partition coefficient (Wildman–Crippen LogP) is 2.24. The Labute approximate surface area is 114 Å². The van der Waals surface area contributed by atoms with Crippen LogP contribution in [-0.4, -0.2) is 21.1 Å². The monoisotopic (exact) mass is 274 g/mol. The van der Waals surface area contributed by atoms with Gasteiger partial charge in [-0.3, -0.25) is 10.1 Å². The van der Waals surface area contributed by atoms with Crippen molar-refractivity contribution in [1.29, 1.82) is 0 Å². The average molecular weight is 274 g/mol. The molecule has 0 bridgehead atoms. The molecule has 2 atom stereocenters. The lowest BCUT2D eigenvalue weighted by Crippen LogP contribution is -2.22. The number of hydrogen-bond acceptors (Lipinski definition) is 6. The molecule has 1 fully saturated rings. The van der Waals surface area contributed by atoms with Gasteiger partial charge in [0.2, 0.25) is 11.7 Å². The fraction of sp³-hybridized carbons (Fsp3) is 0.385. The van der Waals surface area contributed by atoms with Crippen LogP contribution in [-0.2, 0) is 0 Å². The summed E-state index contributed by atoms with van der Waals surface area (Å²) >= 11 is 0. The lowest BCUT2D eigenvalue weighted by Gasteiger charge is -2.08. The Morgan fingerprint density at radius 3 is 2.95 bits per heavy atom. The van der Waals surface area contributed by atoms with E-state index in [2.05, 4.69) is 10.1 Å². The van der Waals surface area contributed by atoms with E-state index in [0.29, 0.717) is 17.3 Å². The third-order valence-electron chi connectivity index (χ3n) is 3.64.